The minimum atomic E-state index is -3.67. The van der Waals surface area contributed by atoms with Gasteiger partial charge < -0.3 is 9.80 Å². The highest BCUT2D eigenvalue weighted by atomic mass is 32.2. The van der Waals surface area contributed by atoms with E-state index in [2.05, 4.69) is 9.62 Å². The van der Waals surface area contributed by atoms with E-state index < -0.39 is 15.6 Å². The fourth-order valence-corrected chi connectivity index (χ4v) is 4.32. The SMILES string of the molecule is Cc1ccc(S(=O)(=O)NC(C)(C)C)cc1C(=O)N1CCCN(C)CC1. The Bertz CT molecular complexity index is 738. The van der Waals surface area contributed by atoms with Crippen LogP contribution in [0.1, 0.15) is 43.1 Å². The van der Waals surface area contributed by atoms with E-state index in [0.717, 1.165) is 25.1 Å². The number of amides is 1. The van der Waals surface area contributed by atoms with Crippen LogP contribution < -0.4 is 4.72 Å². The second-order valence-corrected chi connectivity index (χ2v) is 9.46. The monoisotopic (exact) mass is 367 g/mol. The first-order valence-electron chi connectivity index (χ1n) is 8.62. The lowest BCUT2D eigenvalue weighted by molar-refractivity contribution is 0.0762. The zero-order valence-electron chi connectivity index (χ0n) is 15.8. The van der Waals surface area contributed by atoms with Gasteiger partial charge in [-0.2, -0.15) is 0 Å². The number of hydrogen-bond donors (Lipinski definition) is 1. The first-order valence-corrected chi connectivity index (χ1v) is 10.1. The summed E-state index contributed by atoms with van der Waals surface area (Å²) in [6.45, 7) is 10.4. The summed E-state index contributed by atoms with van der Waals surface area (Å²) in [5.41, 5.74) is 0.669. The summed E-state index contributed by atoms with van der Waals surface area (Å²) < 4.78 is 27.8. The van der Waals surface area contributed by atoms with Gasteiger partial charge in [-0.05, 0) is 65.4 Å². The van der Waals surface area contributed by atoms with E-state index in [9.17, 15) is 13.2 Å². The molecule has 0 radical (unpaired) electrons. The standard InChI is InChI=1S/C18H29N3O3S/c1-14-7-8-15(25(23,24)19-18(2,3)4)13-16(14)17(22)21-10-6-9-20(5)11-12-21/h7-8,13,19H,6,9-12H2,1-5H3. The maximum absolute atomic E-state index is 12.9. The first kappa shape index (κ1) is 19.9. The molecular weight excluding hydrogens is 338 g/mol. The van der Waals surface area contributed by atoms with Gasteiger partial charge in [0.25, 0.3) is 5.91 Å². The van der Waals surface area contributed by atoms with E-state index in [1.54, 1.807) is 32.9 Å². The van der Waals surface area contributed by atoms with Crippen molar-refractivity contribution in [3.63, 3.8) is 0 Å². The van der Waals surface area contributed by atoms with Crippen molar-refractivity contribution in [2.24, 2.45) is 0 Å². The molecule has 25 heavy (non-hydrogen) atoms. The van der Waals surface area contributed by atoms with Crippen molar-refractivity contribution in [2.45, 2.75) is 44.6 Å². The summed E-state index contributed by atoms with van der Waals surface area (Å²) in [4.78, 5) is 17.1. The van der Waals surface area contributed by atoms with Crippen molar-refractivity contribution in [2.75, 3.05) is 33.2 Å². The predicted octanol–water partition coefficient (Wildman–Crippen LogP) is 1.85. The van der Waals surface area contributed by atoms with Gasteiger partial charge in [-0.15, -0.1) is 0 Å². The third-order valence-electron chi connectivity index (χ3n) is 4.20. The van der Waals surface area contributed by atoms with Gasteiger partial charge in [-0.25, -0.2) is 13.1 Å². The highest BCUT2D eigenvalue weighted by Crippen LogP contribution is 2.20. The topological polar surface area (TPSA) is 69.7 Å². The second-order valence-electron chi connectivity index (χ2n) is 7.78. The third kappa shape index (κ3) is 5.26. The molecule has 1 saturated heterocycles. The molecule has 1 heterocycles. The predicted molar refractivity (Wildman–Crippen MR) is 99.3 cm³/mol. The Morgan fingerprint density at radius 1 is 1.12 bits per heavy atom. The molecule has 1 N–H and O–H groups in total. The molecule has 1 aromatic rings. The number of nitrogens with zero attached hydrogens (tertiary/aromatic N) is 2. The van der Waals surface area contributed by atoms with Crippen LogP contribution in [0.5, 0.6) is 0 Å². The van der Waals surface area contributed by atoms with Crippen molar-refractivity contribution in [1.82, 2.24) is 14.5 Å². The average molecular weight is 368 g/mol. The van der Waals surface area contributed by atoms with Crippen LogP contribution in [-0.4, -0.2) is 62.9 Å². The summed E-state index contributed by atoms with van der Waals surface area (Å²) >= 11 is 0. The van der Waals surface area contributed by atoms with Gasteiger partial charge in [0.15, 0.2) is 0 Å². The van der Waals surface area contributed by atoms with Crippen LogP contribution in [0.25, 0.3) is 0 Å². The molecule has 0 spiro atoms. The van der Waals surface area contributed by atoms with Crippen LogP contribution in [0, 0.1) is 6.92 Å². The minimum absolute atomic E-state index is 0.0967. The highest BCUT2D eigenvalue weighted by molar-refractivity contribution is 7.89. The van der Waals surface area contributed by atoms with Crippen LogP contribution >= 0.6 is 0 Å². The average Bonchev–Trinajstić information content (AvgIpc) is 2.69. The third-order valence-corrected chi connectivity index (χ3v) is 5.95. The molecule has 0 unspecified atom stereocenters. The Labute approximate surface area is 151 Å². The van der Waals surface area contributed by atoms with E-state index >= 15 is 0 Å². The van der Waals surface area contributed by atoms with Gasteiger partial charge in [-0.1, -0.05) is 6.07 Å². The van der Waals surface area contributed by atoms with E-state index in [-0.39, 0.29) is 10.8 Å². The lowest BCUT2D eigenvalue weighted by Gasteiger charge is -2.23. The normalized spacial score (nSPS) is 17.4. The van der Waals surface area contributed by atoms with Gasteiger partial charge >= 0.3 is 0 Å². The first-order chi connectivity index (χ1) is 11.5. The van der Waals surface area contributed by atoms with E-state index in [1.165, 1.54) is 6.07 Å². The molecule has 0 bridgehead atoms. The summed E-state index contributed by atoms with van der Waals surface area (Å²) in [5, 5.41) is 0. The lowest BCUT2D eigenvalue weighted by Crippen LogP contribution is -2.40. The van der Waals surface area contributed by atoms with E-state index in [4.69, 9.17) is 0 Å². The van der Waals surface area contributed by atoms with Gasteiger partial charge in [0, 0.05) is 30.7 Å². The van der Waals surface area contributed by atoms with Crippen molar-refractivity contribution in [3.05, 3.63) is 29.3 Å². The highest BCUT2D eigenvalue weighted by Gasteiger charge is 2.25. The Kier molecular flexibility index (Phi) is 5.91. The van der Waals surface area contributed by atoms with Crippen LogP contribution in [0.4, 0.5) is 0 Å². The van der Waals surface area contributed by atoms with Gasteiger partial charge in [0.05, 0.1) is 4.90 Å². The molecule has 0 aromatic heterocycles. The molecule has 1 aliphatic heterocycles. The molecule has 1 amide bonds. The molecule has 2 rings (SSSR count). The number of carbonyl (C=O) groups excluding carboxylic acids is 1. The maximum Gasteiger partial charge on any atom is 0.254 e. The number of rotatable bonds is 3. The Hall–Kier alpha value is -1.44. The smallest absolute Gasteiger partial charge is 0.254 e. The molecule has 0 saturated carbocycles. The number of hydrogen-bond acceptors (Lipinski definition) is 4. The van der Waals surface area contributed by atoms with Gasteiger partial charge in [0.1, 0.15) is 0 Å². The fraction of sp³-hybridized carbons (Fsp3) is 0.611. The van der Waals surface area contributed by atoms with E-state index in [0.29, 0.717) is 18.7 Å². The molecule has 0 aliphatic carbocycles. The molecule has 0 atom stereocenters. The zero-order chi connectivity index (χ0) is 18.8. The summed E-state index contributed by atoms with van der Waals surface area (Å²) in [7, 11) is -1.62. The largest absolute Gasteiger partial charge is 0.337 e. The number of benzene rings is 1. The second kappa shape index (κ2) is 7.43. The molecule has 1 fully saturated rings. The summed E-state index contributed by atoms with van der Waals surface area (Å²) in [6.07, 6.45) is 0.921. The van der Waals surface area contributed by atoms with Crippen LogP contribution in [0.2, 0.25) is 0 Å². The zero-order valence-corrected chi connectivity index (χ0v) is 16.6. The number of nitrogens with one attached hydrogen (secondary N) is 1. The Morgan fingerprint density at radius 2 is 1.80 bits per heavy atom. The van der Waals surface area contributed by atoms with Crippen molar-refractivity contribution in [3.8, 4) is 0 Å². The van der Waals surface area contributed by atoms with Crippen LogP contribution in [0.15, 0.2) is 23.1 Å². The molecule has 1 aliphatic rings. The quantitative estimate of drug-likeness (QED) is 0.885. The molecular formula is C18H29N3O3S. The lowest BCUT2D eigenvalue weighted by atomic mass is 10.1. The van der Waals surface area contributed by atoms with Gasteiger partial charge in [-0.3, -0.25) is 4.79 Å². The van der Waals surface area contributed by atoms with Crippen molar-refractivity contribution >= 4 is 15.9 Å². The Balaban J connectivity index is 2.31. The Morgan fingerprint density at radius 3 is 2.44 bits per heavy atom. The molecule has 6 nitrogen and oxygen atoms in total. The maximum atomic E-state index is 12.9. The minimum Gasteiger partial charge on any atom is -0.337 e. The molecule has 7 heteroatoms. The number of sulfonamides is 1. The number of likely N-dealkylation sites (N-methyl/N-ethyl adjacent to an activating group) is 1. The summed E-state index contributed by atoms with van der Waals surface area (Å²) in [6, 6.07) is 4.76. The molecule has 140 valence electrons. The van der Waals surface area contributed by atoms with Gasteiger partial charge in [0.2, 0.25) is 10.0 Å². The summed E-state index contributed by atoms with van der Waals surface area (Å²) in [5.74, 6) is -0.0967. The number of carbonyl (C=O) groups is 1. The van der Waals surface area contributed by atoms with Crippen molar-refractivity contribution < 1.29 is 13.2 Å². The van der Waals surface area contributed by atoms with Crippen LogP contribution in [0.3, 0.4) is 0 Å². The molecule has 1 aromatic carbocycles. The number of aryl methyl sites for hydroxylation is 1. The fourth-order valence-electron chi connectivity index (χ4n) is 2.88. The van der Waals surface area contributed by atoms with E-state index in [1.807, 2.05) is 18.9 Å². The van der Waals surface area contributed by atoms with Crippen LogP contribution in [-0.2, 0) is 10.0 Å². The van der Waals surface area contributed by atoms with Crippen molar-refractivity contribution in [1.29, 1.82) is 0 Å².